The van der Waals surface area contributed by atoms with Crippen molar-refractivity contribution in [2.75, 3.05) is 16.4 Å². The van der Waals surface area contributed by atoms with Gasteiger partial charge in [0, 0.05) is 29.2 Å². The average molecular weight is 351 g/mol. The molecule has 7 heteroatoms. The van der Waals surface area contributed by atoms with Gasteiger partial charge in [-0.2, -0.15) is 0 Å². The van der Waals surface area contributed by atoms with E-state index < -0.39 is 5.97 Å². The fraction of sp³-hybridized carbons (Fsp3) is 0. The Hall–Kier alpha value is -3.87. The number of carbonyl (C=O) groups is 1. The topological polar surface area (TPSA) is 133 Å². The van der Waals surface area contributed by atoms with Crippen molar-refractivity contribution < 1.29 is 20.1 Å². The number of nitrogens with two attached hydrogens (primary N) is 2. The summed E-state index contributed by atoms with van der Waals surface area (Å²) in [7, 11) is 0. The molecule has 0 atom stereocenters. The van der Waals surface area contributed by atoms with Gasteiger partial charge in [-0.05, 0) is 48.5 Å². The maximum absolute atomic E-state index is 11.1. The first kappa shape index (κ1) is 17.0. The Labute approximate surface area is 149 Å². The Morgan fingerprint density at radius 1 is 0.731 bits per heavy atom. The fourth-order valence-electron chi connectivity index (χ4n) is 2.54. The molecule has 3 aromatic rings. The summed E-state index contributed by atoms with van der Waals surface area (Å²) in [5.41, 5.74) is 13.7. The monoisotopic (exact) mass is 351 g/mol. The van der Waals surface area contributed by atoms with Crippen molar-refractivity contribution in [1.82, 2.24) is 0 Å². The van der Waals surface area contributed by atoms with E-state index in [1.165, 1.54) is 24.3 Å². The minimum atomic E-state index is -1.03. The number of carboxylic acids is 1. The van der Waals surface area contributed by atoms with Gasteiger partial charge >= 0.3 is 5.97 Å². The van der Waals surface area contributed by atoms with Crippen LogP contribution < -0.4 is 16.4 Å². The summed E-state index contributed by atoms with van der Waals surface area (Å²) in [6.07, 6.45) is 0. The van der Waals surface area contributed by atoms with E-state index in [1.54, 1.807) is 41.3 Å². The highest BCUT2D eigenvalue weighted by atomic mass is 16.4. The van der Waals surface area contributed by atoms with Gasteiger partial charge in [-0.3, -0.25) is 0 Å². The Kier molecular flexibility index (Phi) is 4.28. The van der Waals surface area contributed by atoms with Crippen LogP contribution in [0.5, 0.6) is 11.5 Å². The first-order valence-corrected chi connectivity index (χ1v) is 7.67. The van der Waals surface area contributed by atoms with E-state index in [4.69, 9.17) is 16.6 Å². The SMILES string of the molecule is Nc1ccc(N(c2ccc(C(=O)O)cc2)c2ccc(N)c(O)c2)cc1O. The van der Waals surface area contributed by atoms with Gasteiger partial charge in [-0.15, -0.1) is 0 Å². The number of benzene rings is 3. The van der Waals surface area contributed by atoms with Gasteiger partial charge in [0.15, 0.2) is 0 Å². The number of nitrogens with zero attached hydrogens (tertiary/aromatic N) is 1. The van der Waals surface area contributed by atoms with Crippen molar-refractivity contribution in [2.24, 2.45) is 0 Å². The molecule has 0 aromatic heterocycles. The van der Waals surface area contributed by atoms with Crippen molar-refractivity contribution in [3.63, 3.8) is 0 Å². The molecule has 0 saturated carbocycles. The molecule has 7 N–H and O–H groups in total. The van der Waals surface area contributed by atoms with Crippen LogP contribution in [0.4, 0.5) is 28.4 Å². The third kappa shape index (κ3) is 3.18. The Balaban J connectivity index is 2.15. The zero-order chi connectivity index (χ0) is 18.8. The third-order valence-electron chi connectivity index (χ3n) is 3.92. The van der Waals surface area contributed by atoms with Gasteiger partial charge < -0.3 is 31.7 Å². The predicted molar refractivity (Wildman–Crippen MR) is 100 cm³/mol. The van der Waals surface area contributed by atoms with Crippen molar-refractivity contribution in [1.29, 1.82) is 0 Å². The molecular weight excluding hydrogens is 334 g/mol. The smallest absolute Gasteiger partial charge is 0.335 e. The minimum Gasteiger partial charge on any atom is -0.506 e. The van der Waals surface area contributed by atoms with Crippen LogP contribution in [0.3, 0.4) is 0 Å². The summed E-state index contributed by atoms with van der Waals surface area (Å²) >= 11 is 0. The van der Waals surface area contributed by atoms with Gasteiger partial charge in [-0.25, -0.2) is 4.79 Å². The molecule has 0 radical (unpaired) electrons. The van der Waals surface area contributed by atoms with Crippen molar-refractivity contribution in [3.05, 3.63) is 66.2 Å². The van der Waals surface area contributed by atoms with Gasteiger partial charge in [0.1, 0.15) is 11.5 Å². The van der Waals surface area contributed by atoms with E-state index in [2.05, 4.69) is 0 Å². The van der Waals surface area contributed by atoms with Crippen LogP contribution in [-0.4, -0.2) is 21.3 Å². The molecule has 3 aromatic carbocycles. The molecule has 26 heavy (non-hydrogen) atoms. The number of hydrogen-bond acceptors (Lipinski definition) is 6. The third-order valence-corrected chi connectivity index (χ3v) is 3.92. The molecule has 0 unspecified atom stereocenters. The van der Waals surface area contributed by atoms with E-state index in [0.29, 0.717) is 17.1 Å². The number of anilines is 5. The molecule has 0 spiro atoms. The summed E-state index contributed by atoms with van der Waals surface area (Å²) in [6, 6.07) is 15.7. The van der Waals surface area contributed by atoms with Crippen LogP contribution in [0.1, 0.15) is 10.4 Å². The highest BCUT2D eigenvalue weighted by Gasteiger charge is 2.16. The van der Waals surface area contributed by atoms with Crippen LogP contribution >= 0.6 is 0 Å². The molecular formula is C19H17N3O4. The van der Waals surface area contributed by atoms with E-state index >= 15 is 0 Å². The van der Waals surface area contributed by atoms with Crippen LogP contribution in [-0.2, 0) is 0 Å². The lowest BCUT2D eigenvalue weighted by Crippen LogP contribution is -2.10. The largest absolute Gasteiger partial charge is 0.506 e. The number of carboxylic acid groups (broad SMARTS) is 1. The molecule has 0 aliphatic rings. The first-order valence-electron chi connectivity index (χ1n) is 7.67. The number of phenols is 2. The maximum atomic E-state index is 11.1. The molecule has 0 amide bonds. The molecule has 0 bridgehead atoms. The molecule has 7 nitrogen and oxygen atoms in total. The number of hydrogen-bond donors (Lipinski definition) is 5. The second-order valence-corrected chi connectivity index (χ2v) is 5.67. The lowest BCUT2D eigenvalue weighted by molar-refractivity contribution is 0.0697. The summed E-state index contributed by atoms with van der Waals surface area (Å²) in [5, 5.41) is 29.0. The average Bonchev–Trinajstić information content (AvgIpc) is 2.62. The quantitative estimate of drug-likeness (QED) is 0.359. The normalized spacial score (nSPS) is 10.5. The zero-order valence-electron chi connectivity index (χ0n) is 13.6. The zero-order valence-corrected chi connectivity index (χ0v) is 13.6. The van der Waals surface area contributed by atoms with E-state index in [0.717, 1.165) is 0 Å². The molecule has 0 heterocycles. The lowest BCUT2D eigenvalue weighted by atomic mass is 10.1. The molecule has 0 fully saturated rings. The predicted octanol–water partition coefficient (Wildman–Crippen LogP) is 3.43. The summed E-state index contributed by atoms with van der Waals surface area (Å²) < 4.78 is 0. The second-order valence-electron chi connectivity index (χ2n) is 5.67. The molecule has 0 saturated heterocycles. The van der Waals surface area contributed by atoms with Crippen LogP contribution in [0.2, 0.25) is 0 Å². The number of aromatic hydroxyl groups is 2. The summed E-state index contributed by atoms with van der Waals surface area (Å²) in [6.45, 7) is 0. The van der Waals surface area contributed by atoms with E-state index in [9.17, 15) is 15.0 Å². The summed E-state index contributed by atoms with van der Waals surface area (Å²) in [4.78, 5) is 12.8. The van der Waals surface area contributed by atoms with Gasteiger partial charge in [0.25, 0.3) is 0 Å². The minimum absolute atomic E-state index is 0.0886. The second kappa shape index (κ2) is 6.56. The van der Waals surface area contributed by atoms with Crippen molar-refractivity contribution in [3.8, 4) is 11.5 Å². The van der Waals surface area contributed by atoms with Gasteiger partial charge in [-0.1, -0.05) is 0 Å². The molecule has 132 valence electrons. The first-order chi connectivity index (χ1) is 12.4. The molecule has 3 rings (SSSR count). The highest BCUT2D eigenvalue weighted by Crippen LogP contribution is 2.39. The van der Waals surface area contributed by atoms with E-state index in [1.807, 2.05) is 0 Å². The maximum Gasteiger partial charge on any atom is 0.335 e. The Morgan fingerprint density at radius 2 is 1.15 bits per heavy atom. The number of nitrogen functional groups attached to an aromatic ring is 2. The van der Waals surface area contributed by atoms with Gasteiger partial charge in [0.05, 0.1) is 16.9 Å². The van der Waals surface area contributed by atoms with Crippen molar-refractivity contribution >= 4 is 34.4 Å². The highest BCUT2D eigenvalue weighted by molar-refractivity contribution is 5.89. The molecule has 0 aliphatic carbocycles. The number of rotatable bonds is 4. The van der Waals surface area contributed by atoms with Gasteiger partial charge in [0.2, 0.25) is 0 Å². The van der Waals surface area contributed by atoms with E-state index in [-0.39, 0.29) is 28.4 Å². The van der Waals surface area contributed by atoms with Crippen molar-refractivity contribution in [2.45, 2.75) is 0 Å². The fourth-order valence-corrected chi connectivity index (χ4v) is 2.54. The Bertz CT molecular complexity index is 920. The Morgan fingerprint density at radius 3 is 1.54 bits per heavy atom. The van der Waals surface area contributed by atoms with Crippen LogP contribution in [0.25, 0.3) is 0 Å². The van der Waals surface area contributed by atoms with Crippen LogP contribution in [0.15, 0.2) is 60.7 Å². The van der Waals surface area contributed by atoms with Crippen LogP contribution in [0, 0.1) is 0 Å². The summed E-state index contributed by atoms with van der Waals surface area (Å²) in [5.74, 6) is -1.21. The standard InChI is InChI=1S/C19H17N3O4/c20-15-7-5-13(9-17(15)23)22(14-6-8-16(21)18(24)10-14)12-3-1-11(2-4-12)19(25)26/h1-10,23-24H,20-21H2,(H,25,26). The molecule has 0 aliphatic heterocycles. The lowest BCUT2D eigenvalue weighted by Gasteiger charge is -2.26. The number of phenolic OH excluding ortho intramolecular Hbond substituents is 2. The number of aromatic carboxylic acids is 1.